The van der Waals surface area contributed by atoms with Crippen LogP contribution in [0, 0.1) is 12.7 Å². The Labute approximate surface area is 135 Å². The highest BCUT2D eigenvalue weighted by Crippen LogP contribution is 2.28. The van der Waals surface area contributed by atoms with E-state index in [-0.39, 0.29) is 15.6 Å². The van der Waals surface area contributed by atoms with Gasteiger partial charge in [-0.1, -0.05) is 11.6 Å². The third-order valence-electron chi connectivity index (χ3n) is 2.70. The van der Waals surface area contributed by atoms with Gasteiger partial charge in [0, 0.05) is 15.2 Å². The normalized spacial score (nSPS) is 11.4. The number of rotatable bonds is 3. The SMILES string of the molecule is Cc1cc(Br)c(N)cc1S(=O)(=O)Nc1cc(F)cc(Cl)c1. The zero-order valence-corrected chi connectivity index (χ0v) is 14.0. The van der Waals surface area contributed by atoms with Crippen molar-refractivity contribution in [1.29, 1.82) is 0 Å². The third-order valence-corrected chi connectivity index (χ3v) is 5.13. The number of anilines is 2. The predicted octanol–water partition coefficient (Wildman–Crippen LogP) is 3.93. The molecule has 3 N–H and O–H groups in total. The first-order chi connectivity index (χ1) is 9.69. The van der Waals surface area contributed by atoms with Crippen LogP contribution < -0.4 is 10.5 Å². The van der Waals surface area contributed by atoms with E-state index in [0.29, 0.717) is 15.7 Å². The number of hydrogen-bond donors (Lipinski definition) is 2. The molecule has 2 rings (SSSR count). The van der Waals surface area contributed by atoms with E-state index in [4.69, 9.17) is 17.3 Å². The number of aryl methyl sites for hydroxylation is 1. The van der Waals surface area contributed by atoms with Gasteiger partial charge in [0.25, 0.3) is 10.0 Å². The fourth-order valence-electron chi connectivity index (χ4n) is 1.78. The summed E-state index contributed by atoms with van der Waals surface area (Å²) in [4.78, 5) is 0.0172. The first-order valence-electron chi connectivity index (χ1n) is 5.73. The Kier molecular flexibility index (Phi) is 4.46. The summed E-state index contributed by atoms with van der Waals surface area (Å²) in [6, 6.07) is 6.38. The summed E-state index contributed by atoms with van der Waals surface area (Å²) in [5.41, 5.74) is 6.55. The molecule has 0 aromatic heterocycles. The molecule has 0 heterocycles. The second-order valence-electron chi connectivity index (χ2n) is 4.40. The Morgan fingerprint density at radius 2 is 1.90 bits per heavy atom. The van der Waals surface area contributed by atoms with Gasteiger partial charge in [-0.3, -0.25) is 4.72 Å². The molecule has 112 valence electrons. The minimum Gasteiger partial charge on any atom is -0.398 e. The lowest BCUT2D eigenvalue weighted by atomic mass is 10.2. The molecule has 0 amide bonds. The molecule has 4 nitrogen and oxygen atoms in total. The van der Waals surface area contributed by atoms with Crippen LogP contribution in [0.4, 0.5) is 15.8 Å². The summed E-state index contributed by atoms with van der Waals surface area (Å²) in [5, 5.41) is 0.0970. The average molecular weight is 394 g/mol. The van der Waals surface area contributed by atoms with Crippen molar-refractivity contribution in [2.24, 2.45) is 0 Å². The maximum atomic E-state index is 13.3. The smallest absolute Gasteiger partial charge is 0.262 e. The van der Waals surface area contributed by atoms with E-state index < -0.39 is 15.8 Å². The second kappa shape index (κ2) is 5.82. The van der Waals surface area contributed by atoms with Gasteiger partial charge in [0.15, 0.2) is 0 Å². The molecule has 0 spiro atoms. The van der Waals surface area contributed by atoms with Gasteiger partial charge in [0.05, 0.1) is 10.6 Å². The van der Waals surface area contributed by atoms with Gasteiger partial charge in [-0.15, -0.1) is 0 Å². The Morgan fingerprint density at radius 1 is 1.24 bits per heavy atom. The molecule has 0 saturated carbocycles. The Bertz CT molecular complexity index is 792. The molecule has 2 aromatic rings. The van der Waals surface area contributed by atoms with Crippen molar-refractivity contribution in [3.8, 4) is 0 Å². The summed E-state index contributed by atoms with van der Waals surface area (Å²) in [6.45, 7) is 1.64. The minimum atomic E-state index is -3.89. The molecule has 21 heavy (non-hydrogen) atoms. The van der Waals surface area contributed by atoms with Gasteiger partial charge < -0.3 is 5.73 Å². The molecular formula is C13H11BrClFN2O2S. The highest BCUT2D eigenvalue weighted by molar-refractivity contribution is 9.10. The maximum absolute atomic E-state index is 13.3. The maximum Gasteiger partial charge on any atom is 0.262 e. The van der Waals surface area contributed by atoms with E-state index in [1.807, 2.05) is 0 Å². The van der Waals surface area contributed by atoms with Crippen LogP contribution in [0.2, 0.25) is 5.02 Å². The Hall–Kier alpha value is -1.31. The van der Waals surface area contributed by atoms with Gasteiger partial charge in [-0.2, -0.15) is 0 Å². The van der Waals surface area contributed by atoms with Crippen LogP contribution in [0.3, 0.4) is 0 Å². The predicted molar refractivity (Wildman–Crippen MR) is 85.5 cm³/mol. The van der Waals surface area contributed by atoms with Gasteiger partial charge in [-0.05, 0) is 58.7 Å². The van der Waals surface area contributed by atoms with Crippen molar-refractivity contribution in [2.75, 3.05) is 10.5 Å². The van der Waals surface area contributed by atoms with Crippen molar-refractivity contribution in [2.45, 2.75) is 11.8 Å². The monoisotopic (exact) mass is 392 g/mol. The van der Waals surface area contributed by atoms with Crippen LogP contribution in [-0.2, 0) is 10.0 Å². The first-order valence-corrected chi connectivity index (χ1v) is 8.39. The van der Waals surface area contributed by atoms with E-state index in [0.717, 1.165) is 12.1 Å². The van der Waals surface area contributed by atoms with Crippen molar-refractivity contribution < 1.29 is 12.8 Å². The van der Waals surface area contributed by atoms with Gasteiger partial charge in [0.2, 0.25) is 0 Å². The molecule has 0 saturated heterocycles. The standard InChI is InChI=1S/C13H11BrClFN2O2S/c1-7-2-11(14)12(17)6-13(7)21(19,20)18-10-4-8(15)3-9(16)5-10/h2-6,18H,17H2,1H3. The van der Waals surface area contributed by atoms with E-state index in [1.54, 1.807) is 13.0 Å². The average Bonchev–Trinajstić information content (AvgIpc) is 2.31. The molecule has 0 fully saturated rings. The van der Waals surface area contributed by atoms with Crippen LogP contribution in [-0.4, -0.2) is 8.42 Å². The molecular weight excluding hydrogens is 383 g/mol. The van der Waals surface area contributed by atoms with Gasteiger partial charge in [0.1, 0.15) is 5.82 Å². The van der Waals surface area contributed by atoms with Crippen LogP contribution in [0.25, 0.3) is 0 Å². The lowest BCUT2D eigenvalue weighted by molar-refractivity contribution is 0.600. The lowest BCUT2D eigenvalue weighted by Crippen LogP contribution is -2.15. The number of benzene rings is 2. The molecule has 0 radical (unpaired) electrons. The van der Waals surface area contributed by atoms with Crippen LogP contribution in [0.5, 0.6) is 0 Å². The molecule has 0 bridgehead atoms. The molecule has 2 aromatic carbocycles. The van der Waals surface area contributed by atoms with E-state index in [2.05, 4.69) is 20.7 Å². The molecule has 0 atom stereocenters. The summed E-state index contributed by atoms with van der Waals surface area (Å²) >= 11 is 8.93. The topological polar surface area (TPSA) is 72.2 Å². The van der Waals surface area contributed by atoms with E-state index in [9.17, 15) is 12.8 Å². The zero-order valence-electron chi connectivity index (χ0n) is 10.8. The van der Waals surface area contributed by atoms with Gasteiger partial charge in [-0.25, -0.2) is 12.8 Å². The zero-order chi connectivity index (χ0) is 15.8. The van der Waals surface area contributed by atoms with Crippen molar-refractivity contribution in [1.82, 2.24) is 0 Å². The molecule has 0 aliphatic carbocycles. The van der Waals surface area contributed by atoms with Crippen molar-refractivity contribution in [3.05, 3.63) is 51.2 Å². The lowest BCUT2D eigenvalue weighted by Gasteiger charge is -2.12. The second-order valence-corrected chi connectivity index (χ2v) is 7.34. The van der Waals surface area contributed by atoms with Crippen LogP contribution in [0.1, 0.15) is 5.56 Å². The van der Waals surface area contributed by atoms with E-state index >= 15 is 0 Å². The quantitative estimate of drug-likeness (QED) is 0.776. The first kappa shape index (κ1) is 16.1. The van der Waals surface area contributed by atoms with Crippen LogP contribution >= 0.6 is 27.5 Å². The van der Waals surface area contributed by atoms with Crippen molar-refractivity contribution >= 4 is 48.9 Å². The fourth-order valence-corrected chi connectivity index (χ4v) is 3.76. The number of nitrogens with two attached hydrogens (primary N) is 1. The Morgan fingerprint density at radius 3 is 2.52 bits per heavy atom. The van der Waals surface area contributed by atoms with Gasteiger partial charge >= 0.3 is 0 Å². The number of sulfonamides is 1. The van der Waals surface area contributed by atoms with Crippen molar-refractivity contribution in [3.63, 3.8) is 0 Å². The van der Waals surface area contributed by atoms with Crippen LogP contribution in [0.15, 0.2) is 39.7 Å². The summed E-state index contributed by atoms with van der Waals surface area (Å²) in [5.74, 6) is -0.632. The highest BCUT2D eigenvalue weighted by Gasteiger charge is 2.19. The summed E-state index contributed by atoms with van der Waals surface area (Å²) in [6.07, 6.45) is 0. The Balaban J connectivity index is 2.45. The number of halogens is 3. The minimum absolute atomic E-state index is 0.0172. The highest BCUT2D eigenvalue weighted by atomic mass is 79.9. The third kappa shape index (κ3) is 3.66. The summed E-state index contributed by atoms with van der Waals surface area (Å²) in [7, 11) is -3.89. The summed E-state index contributed by atoms with van der Waals surface area (Å²) < 4.78 is 40.9. The number of hydrogen-bond acceptors (Lipinski definition) is 3. The number of nitrogen functional groups attached to an aromatic ring is 1. The molecule has 8 heteroatoms. The molecule has 0 unspecified atom stereocenters. The fraction of sp³-hybridized carbons (Fsp3) is 0.0769. The molecule has 0 aliphatic heterocycles. The largest absolute Gasteiger partial charge is 0.398 e. The molecule has 0 aliphatic rings. The van der Waals surface area contributed by atoms with E-state index in [1.165, 1.54) is 12.1 Å². The number of nitrogens with one attached hydrogen (secondary N) is 1.